The number of carbonyl (C=O) groups excluding carboxylic acids is 1. The molecule has 2 rings (SSSR count). The summed E-state index contributed by atoms with van der Waals surface area (Å²) in [5.41, 5.74) is 3.99. The van der Waals surface area contributed by atoms with Crippen LogP contribution in [0.4, 0.5) is 5.69 Å². The molecule has 0 radical (unpaired) electrons. The summed E-state index contributed by atoms with van der Waals surface area (Å²) in [7, 11) is 0. The van der Waals surface area contributed by atoms with E-state index < -0.39 is 0 Å². The standard InChI is InChI=1S/C17H19NO2/c1-13-2-4-14(5-3-13)8-11-17(20)18-16-9-6-15(12-19)7-10-16/h2-7,9-10,19H,8,11-12H2,1H3,(H,18,20). The fourth-order valence-electron chi connectivity index (χ4n) is 1.93. The van der Waals surface area contributed by atoms with E-state index in [0.717, 1.165) is 17.7 Å². The minimum atomic E-state index is 0.00215. The smallest absolute Gasteiger partial charge is 0.224 e. The van der Waals surface area contributed by atoms with Crippen molar-refractivity contribution in [1.82, 2.24) is 0 Å². The van der Waals surface area contributed by atoms with E-state index in [2.05, 4.69) is 29.6 Å². The number of aryl methyl sites for hydroxylation is 2. The molecule has 1 amide bonds. The number of aliphatic hydroxyl groups is 1. The molecule has 0 aromatic heterocycles. The number of carbonyl (C=O) groups is 1. The third-order valence-corrected chi connectivity index (χ3v) is 3.18. The Kier molecular flexibility index (Phi) is 4.91. The first kappa shape index (κ1) is 14.3. The summed E-state index contributed by atoms with van der Waals surface area (Å²) in [6, 6.07) is 15.4. The predicted octanol–water partition coefficient (Wildman–Crippen LogP) is 3.06. The number of amides is 1. The van der Waals surface area contributed by atoms with Gasteiger partial charge >= 0.3 is 0 Å². The van der Waals surface area contributed by atoms with Crippen LogP contribution in [0.5, 0.6) is 0 Å². The van der Waals surface area contributed by atoms with Gasteiger partial charge in [0.25, 0.3) is 0 Å². The molecule has 0 aliphatic heterocycles. The van der Waals surface area contributed by atoms with E-state index in [1.807, 2.05) is 6.92 Å². The molecule has 2 aromatic carbocycles. The number of hydrogen-bond acceptors (Lipinski definition) is 2. The van der Waals surface area contributed by atoms with Gasteiger partial charge in [0.1, 0.15) is 0 Å². The van der Waals surface area contributed by atoms with Gasteiger partial charge < -0.3 is 10.4 Å². The second-order valence-electron chi connectivity index (χ2n) is 4.89. The van der Waals surface area contributed by atoms with Crippen molar-refractivity contribution in [2.24, 2.45) is 0 Å². The SMILES string of the molecule is Cc1ccc(CCC(=O)Nc2ccc(CO)cc2)cc1. The molecular formula is C17H19NO2. The van der Waals surface area contributed by atoms with Crippen molar-refractivity contribution in [2.75, 3.05) is 5.32 Å². The lowest BCUT2D eigenvalue weighted by atomic mass is 10.1. The summed E-state index contributed by atoms with van der Waals surface area (Å²) in [5, 5.41) is 11.8. The molecular weight excluding hydrogens is 250 g/mol. The second kappa shape index (κ2) is 6.87. The lowest BCUT2D eigenvalue weighted by Crippen LogP contribution is -2.12. The van der Waals surface area contributed by atoms with Gasteiger partial charge in [-0.2, -0.15) is 0 Å². The summed E-state index contributed by atoms with van der Waals surface area (Å²) in [6.45, 7) is 2.06. The highest BCUT2D eigenvalue weighted by Crippen LogP contribution is 2.11. The zero-order valence-electron chi connectivity index (χ0n) is 11.6. The Labute approximate surface area is 119 Å². The maximum absolute atomic E-state index is 11.8. The molecule has 0 saturated carbocycles. The van der Waals surface area contributed by atoms with Crippen LogP contribution < -0.4 is 5.32 Å². The molecule has 0 aliphatic rings. The molecule has 0 aliphatic carbocycles. The molecule has 0 bridgehead atoms. The van der Waals surface area contributed by atoms with Crippen molar-refractivity contribution < 1.29 is 9.90 Å². The number of benzene rings is 2. The van der Waals surface area contributed by atoms with Crippen LogP contribution in [-0.4, -0.2) is 11.0 Å². The summed E-state index contributed by atoms with van der Waals surface area (Å²) in [5.74, 6) is 0.00215. The van der Waals surface area contributed by atoms with Crippen molar-refractivity contribution >= 4 is 11.6 Å². The van der Waals surface area contributed by atoms with E-state index in [9.17, 15) is 4.79 Å². The zero-order chi connectivity index (χ0) is 14.4. The van der Waals surface area contributed by atoms with Crippen molar-refractivity contribution in [1.29, 1.82) is 0 Å². The Morgan fingerprint density at radius 2 is 1.60 bits per heavy atom. The van der Waals surface area contributed by atoms with Crippen molar-refractivity contribution in [3.8, 4) is 0 Å². The molecule has 0 saturated heterocycles. The molecule has 20 heavy (non-hydrogen) atoms. The van der Waals surface area contributed by atoms with E-state index in [0.29, 0.717) is 6.42 Å². The van der Waals surface area contributed by atoms with Crippen LogP contribution in [0.1, 0.15) is 23.1 Å². The summed E-state index contributed by atoms with van der Waals surface area (Å²) < 4.78 is 0. The molecule has 0 fully saturated rings. The molecule has 0 atom stereocenters. The van der Waals surface area contributed by atoms with Crippen molar-refractivity contribution in [3.05, 3.63) is 65.2 Å². The highest BCUT2D eigenvalue weighted by atomic mass is 16.3. The first-order valence-electron chi connectivity index (χ1n) is 6.72. The highest BCUT2D eigenvalue weighted by Gasteiger charge is 2.03. The van der Waals surface area contributed by atoms with Gasteiger partial charge in [-0.25, -0.2) is 0 Å². The highest BCUT2D eigenvalue weighted by molar-refractivity contribution is 5.90. The first-order valence-corrected chi connectivity index (χ1v) is 6.72. The molecule has 0 heterocycles. The molecule has 2 aromatic rings. The third kappa shape index (κ3) is 4.21. The van der Waals surface area contributed by atoms with E-state index in [-0.39, 0.29) is 12.5 Å². The molecule has 3 heteroatoms. The van der Waals surface area contributed by atoms with Gasteiger partial charge in [-0.1, -0.05) is 42.0 Å². The molecule has 104 valence electrons. The maximum atomic E-state index is 11.8. The van der Waals surface area contributed by atoms with Crippen molar-refractivity contribution in [3.63, 3.8) is 0 Å². The fourth-order valence-corrected chi connectivity index (χ4v) is 1.93. The molecule has 3 nitrogen and oxygen atoms in total. The van der Waals surface area contributed by atoms with Gasteiger partial charge in [0, 0.05) is 12.1 Å². The average Bonchev–Trinajstić information content (AvgIpc) is 2.47. The Morgan fingerprint density at radius 3 is 2.20 bits per heavy atom. The quantitative estimate of drug-likeness (QED) is 0.876. The van der Waals surface area contributed by atoms with Crippen LogP contribution in [0.25, 0.3) is 0 Å². The van der Waals surface area contributed by atoms with Gasteiger partial charge in [0.2, 0.25) is 5.91 Å². The Hall–Kier alpha value is -2.13. The van der Waals surface area contributed by atoms with Gasteiger partial charge in [0.05, 0.1) is 6.61 Å². The predicted molar refractivity (Wildman–Crippen MR) is 80.5 cm³/mol. The van der Waals surface area contributed by atoms with Crippen LogP contribution in [-0.2, 0) is 17.8 Å². The van der Waals surface area contributed by atoms with Crippen LogP contribution in [0.15, 0.2) is 48.5 Å². The summed E-state index contributed by atoms with van der Waals surface area (Å²) >= 11 is 0. The normalized spacial score (nSPS) is 10.3. The number of aliphatic hydroxyl groups excluding tert-OH is 1. The topological polar surface area (TPSA) is 49.3 Å². The van der Waals surface area contributed by atoms with Gasteiger partial charge in [-0.05, 0) is 36.6 Å². The van der Waals surface area contributed by atoms with Gasteiger partial charge in [-0.3, -0.25) is 4.79 Å². The number of rotatable bonds is 5. The molecule has 0 spiro atoms. The maximum Gasteiger partial charge on any atom is 0.224 e. The zero-order valence-corrected chi connectivity index (χ0v) is 11.6. The fraction of sp³-hybridized carbons (Fsp3) is 0.235. The van der Waals surface area contributed by atoms with E-state index in [1.54, 1.807) is 24.3 Å². The summed E-state index contributed by atoms with van der Waals surface area (Å²) in [6.07, 6.45) is 1.20. The Bertz CT molecular complexity index is 559. The van der Waals surface area contributed by atoms with E-state index >= 15 is 0 Å². The second-order valence-corrected chi connectivity index (χ2v) is 4.89. The Balaban J connectivity index is 1.84. The number of nitrogens with one attached hydrogen (secondary N) is 1. The van der Waals surface area contributed by atoms with Crippen LogP contribution in [0.3, 0.4) is 0 Å². The Morgan fingerprint density at radius 1 is 1.00 bits per heavy atom. The lowest BCUT2D eigenvalue weighted by molar-refractivity contribution is -0.116. The monoisotopic (exact) mass is 269 g/mol. The largest absolute Gasteiger partial charge is 0.392 e. The lowest BCUT2D eigenvalue weighted by Gasteiger charge is -2.06. The third-order valence-electron chi connectivity index (χ3n) is 3.18. The minimum Gasteiger partial charge on any atom is -0.392 e. The summed E-state index contributed by atoms with van der Waals surface area (Å²) in [4.78, 5) is 11.8. The van der Waals surface area contributed by atoms with Crippen molar-refractivity contribution in [2.45, 2.75) is 26.4 Å². The van der Waals surface area contributed by atoms with Gasteiger partial charge in [-0.15, -0.1) is 0 Å². The van der Waals surface area contributed by atoms with Gasteiger partial charge in [0.15, 0.2) is 0 Å². The van der Waals surface area contributed by atoms with Crippen LogP contribution >= 0.6 is 0 Å². The molecule has 0 unspecified atom stereocenters. The van der Waals surface area contributed by atoms with E-state index in [1.165, 1.54) is 11.1 Å². The van der Waals surface area contributed by atoms with E-state index in [4.69, 9.17) is 5.11 Å². The minimum absolute atomic E-state index is 0.00215. The van der Waals surface area contributed by atoms with Crippen LogP contribution in [0.2, 0.25) is 0 Å². The number of hydrogen-bond donors (Lipinski definition) is 2. The average molecular weight is 269 g/mol. The number of anilines is 1. The first-order chi connectivity index (χ1) is 9.67. The molecule has 2 N–H and O–H groups in total. The van der Waals surface area contributed by atoms with Crippen LogP contribution in [0, 0.1) is 6.92 Å².